The van der Waals surface area contributed by atoms with Crippen molar-refractivity contribution in [3.63, 3.8) is 0 Å². The monoisotopic (exact) mass is 361 g/mol. The molecule has 0 spiro atoms. The molecule has 2 aromatic rings. The Morgan fingerprint density at radius 3 is 2.79 bits per heavy atom. The first-order valence-corrected chi connectivity index (χ1v) is 7.22. The van der Waals surface area contributed by atoms with E-state index in [0.29, 0.717) is 11.1 Å². The first-order chi connectivity index (χ1) is 11.4. The predicted octanol–water partition coefficient (Wildman–Crippen LogP) is 1.93. The van der Waals surface area contributed by atoms with E-state index < -0.39 is 29.9 Å². The number of alkyl halides is 2. The van der Waals surface area contributed by atoms with Crippen LogP contribution in [0.4, 0.5) is 8.78 Å². The molecular formula is C14H11F2O7S-. The molecule has 0 amide bonds. The van der Waals surface area contributed by atoms with Crippen LogP contribution in [0.5, 0.6) is 11.5 Å². The van der Waals surface area contributed by atoms with Gasteiger partial charge in [0.05, 0.1) is 0 Å². The molecule has 0 saturated heterocycles. The fourth-order valence-corrected chi connectivity index (χ4v) is 2.04. The first-order valence-electron chi connectivity index (χ1n) is 6.48. The maximum absolute atomic E-state index is 13.0. The number of phenolic OH excluding ortho intramolecular Hbond substituents is 1. The van der Waals surface area contributed by atoms with Gasteiger partial charge in [-0.3, -0.25) is 5.04 Å². The second-order valence-electron chi connectivity index (χ2n) is 4.38. The van der Waals surface area contributed by atoms with Gasteiger partial charge < -0.3 is 19.8 Å². The number of rotatable bonds is 8. The Bertz CT molecular complexity index is 711. The van der Waals surface area contributed by atoms with E-state index in [-0.39, 0.29) is 12.4 Å². The highest BCUT2D eigenvalue weighted by Gasteiger charge is 2.43. The van der Waals surface area contributed by atoms with E-state index in [4.69, 9.17) is 4.74 Å². The molecule has 0 radical (unpaired) electrons. The lowest BCUT2D eigenvalue weighted by Gasteiger charge is -2.14. The van der Waals surface area contributed by atoms with Crippen molar-refractivity contribution in [3.05, 3.63) is 36.4 Å². The second-order valence-corrected chi connectivity index (χ2v) is 5.20. The first kappa shape index (κ1) is 18.2. The zero-order chi connectivity index (χ0) is 17.6. The molecule has 0 aromatic heterocycles. The molecule has 2 rings (SSSR count). The largest absolute Gasteiger partial charge is 0.691 e. The zero-order valence-electron chi connectivity index (χ0n) is 11.9. The highest BCUT2D eigenvalue weighted by molar-refractivity contribution is 7.96. The van der Waals surface area contributed by atoms with Crippen molar-refractivity contribution < 1.29 is 42.8 Å². The molecule has 1 N–H and O–H groups in total. The zero-order valence-corrected chi connectivity index (χ0v) is 12.8. The number of carbonyl (C=O) groups is 1. The molecule has 0 bridgehead atoms. The van der Waals surface area contributed by atoms with Crippen LogP contribution in [0, 0.1) is 0 Å². The topological polar surface area (TPSA) is 97.3 Å². The molecule has 0 aliphatic carbocycles. The van der Waals surface area contributed by atoms with E-state index >= 15 is 0 Å². The van der Waals surface area contributed by atoms with E-state index in [1.54, 1.807) is 36.4 Å². The third-order valence-corrected chi connectivity index (χ3v) is 3.32. The van der Waals surface area contributed by atoms with Crippen molar-refractivity contribution >= 4 is 28.8 Å². The Balaban J connectivity index is 1.83. The van der Waals surface area contributed by atoms with Crippen LogP contribution in [0.2, 0.25) is 0 Å². The number of phenols is 1. The van der Waals surface area contributed by atoms with Crippen LogP contribution in [0.1, 0.15) is 0 Å². The van der Waals surface area contributed by atoms with E-state index in [2.05, 4.69) is 14.1 Å². The maximum atomic E-state index is 13.0. The fraction of sp³-hybridized carbons (Fsp3) is 0.214. The molecular weight excluding hydrogens is 350 g/mol. The molecule has 0 fully saturated rings. The van der Waals surface area contributed by atoms with Gasteiger partial charge in [-0.05, 0) is 29.7 Å². The Morgan fingerprint density at radius 1 is 1.25 bits per heavy atom. The highest BCUT2D eigenvalue weighted by atomic mass is 32.2. The van der Waals surface area contributed by atoms with Crippen LogP contribution in [-0.4, -0.2) is 29.5 Å². The minimum absolute atomic E-state index is 0.122. The van der Waals surface area contributed by atoms with Gasteiger partial charge in [-0.25, -0.2) is 4.79 Å². The fourth-order valence-electron chi connectivity index (χ4n) is 1.80. The van der Waals surface area contributed by atoms with Gasteiger partial charge in [0.1, 0.15) is 36.8 Å². The average molecular weight is 361 g/mol. The Labute approximate surface area is 138 Å². The number of ether oxygens (including phenoxy) is 2. The molecule has 0 atom stereocenters. The van der Waals surface area contributed by atoms with Crippen molar-refractivity contribution in [1.29, 1.82) is 0 Å². The summed E-state index contributed by atoms with van der Waals surface area (Å²) >= 11 is -0.763. The lowest BCUT2D eigenvalue weighted by molar-refractivity contribution is -0.777. The number of carbonyl (C=O) groups excluding carboxylic acids is 1. The molecule has 2 aromatic carbocycles. The summed E-state index contributed by atoms with van der Waals surface area (Å²) in [5, 5.41) is 19.1. The smallest absolute Gasteiger partial charge is 0.415 e. The molecule has 0 unspecified atom stereocenters. The van der Waals surface area contributed by atoms with Gasteiger partial charge in [0.15, 0.2) is 0 Å². The van der Waals surface area contributed by atoms with Crippen molar-refractivity contribution in [1.82, 2.24) is 0 Å². The van der Waals surface area contributed by atoms with Gasteiger partial charge in [0, 0.05) is 5.39 Å². The number of aromatic hydroxyl groups is 1. The van der Waals surface area contributed by atoms with Gasteiger partial charge in [-0.1, -0.05) is 12.1 Å². The molecule has 0 heterocycles. The minimum atomic E-state index is -4.08. The van der Waals surface area contributed by atoms with Crippen molar-refractivity contribution in [2.75, 3.05) is 13.2 Å². The van der Waals surface area contributed by atoms with E-state index in [1.807, 2.05) is 0 Å². The van der Waals surface area contributed by atoms with E-state index in [1.165, 1.54) is 0 Å². The lowest BCUT2D eigenvalue weighted by Crippen LogP contribution is -2.29. The molecule has 10 heteroatoms. The highest BCUT2D eigenvalue weighted by Crippen LogP contribution is 2.31. The molecule has 0 aliphatic heterocycles. The Hall–Kier alpha value is -2.14. The second kappa shape index (κ2) is 8.11. The Morgan fingerprint density at radius 2 is 2.04 bits per heavy atom. The van der Waals surface area contributed by atoms with Crippen LogP contribution in [0.25, 0.3) is 10.8 Å². The quantitative estimate of drug-likeness (QED) is 0.250. The third-order valence-electron chi connectivity index (χ3n) is 2.82. The van der Waals surface area contributed by atoms with Gasteiger partial charge in [-0.2, -0.15) is 13.1 Å². The van der Waals surface area contributed by atoms with Crippen molar-refractivity contribution in [2.24, 2.45) is 0 Å². The van der Waals surface area contributed by atoms with Crippen LogP contribution in [0.15, 0.2) is 36.4 Å². The number of hydrogen-bond acceptors (Lipinski definition) is 8. The molecule has 0 saturated carbocycles. The summed E-state index contributed by atoms with van der Waals surface area (Å²) in [5.41, 5.74) is 0. The van der Waals surface area contributed by atoms with Crippen LogP contribution in [0.3, 0.4) is 0 Å². The molecule has 7 nitrogen and oxygen atoms in total. The summed E-state index contributed by atoms with van der Waals surface area (Å²) in [6, 6.07) is 9.82. The predicted molar refractivity (Wildman–Crippen MR) is 76.8 cm³/mol. The number of hydrogen-bond donors (Lipinski definition) is 1. The summed E-state index contributed by atoms with van der Waals surface area (Å²) < 4.78 is 39.1. The van der Waals surface area contributed by atoms with Gasteiger partial charge in [0.2, 0.25) is 0 Å². The van der Waals surface area contributed by atoms with Gasteiger partial charge in [-0.15, -0.1) is 0 Å². The van der Waals surface area contributed by atoms with Crippen LogP contribution in [-0.2, 0) is 18.9 Å². The summed E-state index contributed by atoms with van der Waals surface area (Å²) in [4.78, 5) is 11.1. The molecule has 0 aliphatic rings. The third kappa shape index (κ3) is 4.68. The number of fused-ring (bicyclic) bond motifs is 1. The summed E-state index contributed by atoms with van der Waals surface area (Å²) in [7, 11) is 0. The van der Waals surface area contributed by atoms with Crippen molar-refractivity contribution in [2.45, 2.75) is 5.25 Å². The number of benzene rings is 2. The van der Waals surface area contributed by atoms with E-state index in [0.717, 1.165) is 5.39 Å². The van der Waals surface area contributed by atoms with Gasteiger partial charge >= 0.3 is 11.2 Å². The van der Waals surface area contributed by atoms with Gasteiger partial charge in [0.25, 0.3) is 0 Å². The summed E-state index contributed by atoms with van der Waals surface area (Å²) in [6.07, 6.45) is 0. The molecule has 130 valence electrons. The molecule has 24 heavy (non-hydrogen) atoms. The maximum Gasteiger partial charge on any atom is 0.415 e. The lowest BCUT2D eigenvalue weighted by atomic mass is 10.1. The van der Waals surface area contributed by atoms with Crippen LogP contribution >= 0.6 is 12.0 Å². The minimum Gasteiger partial charge on any atom is -0.691 e. The average Bonchev–Trinajstić information content (AvgIpc) is 2.57. The van der Waals surface area contributed by atoms with E-state index in [9.17, 15) is 23.9 Å². The van der Waals surface area contributed by atoms with Crippen molar-refractivity contribution in [3.8, 4) is 11.5 Å². The van der Waals surface area contributed by atoms with Crippen LogP contribution < -0.4 is 9.99 Å². The number of esters is 1. The summed E-state index contributed by atoms with van der Waals surface area (Å²) in [6.45, 7) is -0.610. The number of halogens is 2. The summed E-state index contributed by atoms with van der Waals surface area (Å²) in [5.74, 6) is -1.36. The standard InChI is InChI=1S/C14H12F2O7S/c15-14(16,24-23-22-19)13(18)21-7-6-20-10-4-5-11-9(8-10)2-1-3-12(11)17/h1-5,8,17,19H,6-7H2/p-1. The Kier molecular flexibility index (Phi) is 6.15. The SMILES string of the molecule is O=C(OCCOc1ccc2c(O)cccc2c1)C(F)(F)SOO[O-]. The normalized spacial score (nSPS) is 11.5.